The van der Waals surface area contributed by atoms with E-state index < -0.39 is 0 Å². The number of nitriles is 1. The number of pyridine rings is 1. The van der Waals surface area contributed by atoms with Gasteiger partial charge in [0.25, 0.3) is 5.56 Å². The molecule has 1 saturated carbocycles. The summed E-state index contributed by atoms with van der Waals surface area (Å²) in [4.78, 5) is 26.1. The van der Waals surface area contributed by atoms with Crippen molar-refractivity contribution < 1.29 is 4.74 Å². The van der Waals surface area contributed by atoms with Crippen LogP contribution in [-0.2, 0) is 4.74 Å². The van der Waals surface area contributed by atoms with Gasteiger partial charge in [0.05, 0.1) is 25.2 Å². The number of morpholine rings is 1. The van der Waals surface area contributed by atoms with Crippen LogP contribution < -0.4 is 15.8 Å². The third kappa shape index (κ3) is 3.03. The fraction of sp³-hybridized carbons (Fsp3) is 0.529. The largest absolute Gasteiger partial charge is 0.378 e. The van der Waals surface area contributed by atoms with E-state index in [0.29, 0.717) is 49.0 Å². The van der Waals surface area contributed by atoms with Crippen molar-refractivity contribution in [2.24, 2.45) is 5.92 Å². The maximum atomic E-state index is 12.3. The first-order chi connectivity index (χ1) is 12.3. The molecule has 4 rings (SSSR count). The Hall–Kier alpha value is -2.66. The van der Waals surface area contributed by atoms with Crippen molar-refractivity contribution in [3.63, 3.8) is 0 Å². The van der Waals surface area contributed by atoms with Crippen LogP contribution >= 0.6 is 0 Å². The minimum atomic E-state index is -0.235. The Morgan fingerprint density at radius 3 is 2.96 bits per heavy atom. The quantitative estimate of drug-likeness (QED) is 0.866. The lowest BCUT2D eigenvalue weighted by atomic mass is 10.1. The van der Waals surface area contributed by atoms with E-state index in [1.807, 2.05) is 4.90 Å². The third-order valence-electron chi connectivity index (χ3n) is 4.91. The van der Waals surface area contributed by atoms with Crippen LogP contribution in [0.2, 0.25) is 0 Å². The van der Waals surface area contributed by atoms with Gasteiger partial charge in [-0.1, -0.05) is 0 Å². The average Bonchev–Trinajstić information content (AvgIpc) is 3.10. The summed E-state index contributed by atoms with van der Waals surface area (Å²) in [5.74, 6) is 1.13. The average molecular weight is 340 g/mol. The van der Waals surface area contributed by atoms with Crippen molar-refractivity contribution in [3.8, 4) is 6.07 Å². The van der Waals surface area contributed by atoms with E-state index in [4.69, 9.17) is 4.74 Å². The molecular formula is C17H20N6O2. The summed E-state index contributed by atoms with van der Waals surface area (Å²) in [5.41, 5.74) is 0.133. The SMILES string of the molecule is N#C[C@H]1CCC[C@H]1Nc1nc(N2CCOCC2)nc2c(=O)[nH]ccc12. The van der Waals surface area contributed by atoms with Crippen molar-refractivity contribution in [2.45, 2.75) is 25.3 Å². The van der Waals surface area contributed by atoms with Crippen molar-refractivity contribution in [3.05, 3.63) is 22.6 Å². The highest BCUT2D eigenvalue weighted by atomic mass is 16.5. The lowest BCUT2D eigenvalue weighted by Crippen LogP contribution is -2.37. The van der Waals surface area contributed by atoms with Gasteiger partial charge in [-0.15, -0.1) is 0 Å². The van der Waals surface area contributed by atoms with E-state index in [1.54, 1.807) is 12.3 Å². The van der Waals surface area contributed by atoms with Crippen LogP contribution in [0.15, 0.2) is 17.1 Å². The van der Waals surface area contributed by atoms with Crippen LogP contribution in [0.4, 0.5) is 11.8 Å². The molecule has 8 heteroatoms. The number of fused-ring (bicyclic) bond motifs is 1. The first-order valence-corrected chi connectivity index (χ1v) is 8.64. The van der Waals surface area contributed by atoms with Gasteiger partial charge in [-0.05, 0) is 25.3 Å². The Balaban J connectivity index is 1.77. The fourth-order valence-corrected chi connectivity index (χ4v) is 3.54. The molecule has 2 atom stereocenters. The number of aromatic nitrogens is 3. The van der Waals surface area contributed by atoms with E-state index in [-0.39, 0.29) is 17.5 Å². The molecule has 1 aliphatic heterocycles. The molecular weight excluding hydrogens is 320 g/mol. The zero-order valence-corrected chi connectivity index (χ0v) is 13.9. The predicted octanol–water partition coefficient (Wildman–Crippen LogP) is 1.26. The van der Waals surface area contributed by atoms with E-state index in [0.717, 1.165) is 19.3 Å². The molecule has 0 amide bonds. The second-order valence-corrected chi connectivity index (χ2v) is 6.46. The van der Waals surface area contributed by atoms with Crippen LogP contribution in [0, 0.1) is 17.2 Å². The van der Waals surface area contributed by atoms with Gasteiger partial charge < -0.3 is 19.9 Å². The van der Waals surface area contributed by atoms with Crippen molar-refractivity contribution >= 4 is 22.7 Å². The summed E-state index contributed by atoms with van der Waals surface area (Å²) in [5, 5.41) is 13.4. The van der Waals surface area contributed by atoms with E-state index >= 15 is 0 Å². The fourth-order valence-electron chi connectivity index (χ4n) is 3.54. The smallest absolute Gasteiger partial charge is 0.274 e. The van der Waals surface area contributed by atoms with Gasteiger partial charge >= 0.3 is 0 Å². The molecule has 0 radical (unpaired) electrons. The number of nitrogens with zero attached hydrogens (tertiary/aromatic N) is 4. The Labute approximate surface area is 144 Å². The van der Waals surface area contributed by atoms with Crippen molar-refractivity contribution in [1.82, 2.24) is 15.0 Å². The summed E-state index contributed by atoms with van der Waals surface area (Å²) >= 11 is 0. The van der Waals surface area contributed by atoms with Crippen molar-refractivity contribution in [2.75, 3.05) is 36.5 Å². The molecule has 2 N–H and O–H groups in total. The molecule has 2 aliphatic rings. The zero-order valence-electron chi connectivity index (χ0n) is 13.9. The topological polar surface area (TPSA) is 107 Å². The highest BCUT2D eigenvalue weighted by Gasteiger charge is 2.28. The molecule has 1 saturated heterocycles. The number of rotatable bonds is 3. The molecule has 0 bridgehead atoms. The molecule has 8 nitrogen and oxygen atoms in total. The molecule has 1 aliphatic carbocycles. The molecule has 0 spiro atoms. The Bertz CT molecular complexity index is 868. The summed E-state index contributed by atoms with van der Waals surface area (Å²) in [6, 6.07) is 4.23. The number of nitrogens with one attached hydrogen (secondary N) is 2. The van der Waals surface area contributed by atoms with Gasteiger partial charge in [-0.3, -0.25) is 4.79 Å². The minimum absolute atomic E-state index is 0.0288. The number of aromatic amines is 1. The summed E-state index contributed by atoms with van der Waals surface area (Å²) in [6.45, 7) is 2.63. The maximum absolute atomic E-state index is 12.3. The molecule has 130 valence electrons. The van der Waals surface area contributed by atoms with Gasteiger partial charge in [0, 0.05) is 30.7 Å². The zero-order chi connectivity index (χ0) is 17.2. The normalized spacial score (nSPS) is 23.6. The van der Waals surface area contributed by atoms with Crippen molar-refractivity contribution in [1.29, 1.82) is 5.26 Å². The van der Waals surface area contributed by atoms with Crippen LogP contribution in [0.5, 0.6) is 0 Å². The van der Waals surface area contributed by atoms with Gasteiger partial charge in [-0.2, -0.15) is 10.2 Å². The molecule has 25 heavy (non-hydrogen) atoms. The van der Waals surface area contributed by atoms with E-state index in [1.165, 1.54) is 0 Å². The second-order valence-electron chi connectivity index (χ2n) is 6.46. The monoisotopic (exact) mass is 340 g/mol. The Morgan fingerprint density at radius 1 is 1.32 bits per heavy atom. The van der Waals surface area contributed by atoms with Gasteiger partial charge in [0.2, 0.25) is 5.95 Å². The first-order valence-electron chi connectivity index (χ1n) is 8.64. The second kappa shape index (κ2) is 6.69. The maximum Gasteiger partial charge on any atom is 0.274 e. The number of anilines is 2. The van der Waals surface area contributed by atoms with Gasteiger partial charge in [-0.25, -0.2) is 4.98 Å². The number of ether oxygens (including phenoxy) is 1. The Kier molecular flexibility index (Phi) is 4.24. The third-order valence-corrected chi connectivity index (χ3v) is 4.91. The Morgan fingerprint density at radius 2 is 2.16 bits per heavy atom. The van der Waals surface area contributed by atoms with Gasteiger partial charge in [0.1, 0.15) is 11.3 Å². The molecule has 0 unspecified atom stereocenters. The number of hydrogen-bond acceptors (Lipinski definition) is 7. The molecule has 3 heterocycles. The van der Waals surface area contributed by atoms with Crippen LogP contribution in [-0.4, -0.2) is 47.3 Å². The molecule has 2 fully saturated rings. The lowest BCUT2D eigenvalue weighted by molar-refractivity contribution is 0.122. The van der Waals surface area contributed by atoms with Crippen LogP contribution in [0.1, 0.15) is 19.3 Å². The highest BCUT2D eigenvalue weighted by Crippen LogP contribution is 2.30. The summed E-state index contributed by atoms with van der Waals surface area (Å²) < 4.78 is 5.38. The minimum Gasteiger partial charge on any atom is -0.378 e. The number of H-pyrrole nitrogens is 1. The standard InChI is InChI=1S/C17H20N6O2/c18-10-11-2-1-3-13(11)20-15-12-4-5-19-16(24)14(12)21-17(22-15)23-6-8-25-9-7-23/h4-5,11,13H,1-3,6-9H2,(H,19,24)(H,20,21,22)/t11-,13-/m1/s1. The van der Waals surface area contributed by atoms with Gasteiger partial charge in [0.15, 0.2) is 0 Å². The number of hydrogen-bond donors (Lipinski definition) is 2. The highest BCUT2D eigenvalue weighted by molar-refractivity contribution is 5.89. The summed E-state index contributed by atoms with van der Waals surface area (Å²) in [7, 11) is 0. The predicted molar refractivity (Wildman–Crippen MR) is 93.6 cm³/mol. The summed E-state index contributed by atoms with van der Waals surface area (Å²) in [6.07, 6.45) is 4.45. The molecule has 2 aromatic rings. The first kappa shape index (κ1) is 15.8. The van der Waals surface area contributed by atoms with Crippen LogP contribution in [0.3, 0.4) is 0 Å². The molecule has 2 aromatic heterocycles. The van der Waals surface area contributed by atoms with E-state index in [2.05, 4.69) is 26.3 Å². The van der Waals surface area contributed by atoms with E-state index in [9.17, 15) is 10.1 Å². The lowest BCUT2D eigenvalue weighted by Gasteiger charge is -2.27. The van der Waals surface area contributed by atoms with Crippen LogP contribution in [0.25, 0.3) is 10.9 Å². The molecule has 0 aromatic carbocycles.